The van der Waals surface area contributed by atoms with Crippen LogP contribution in [0.15, 0.2) is 60.5 Å². The maximum atomic E-state index is 12.5. The third-order valence-corrected chi connectivity index (χ3v) is 4.62. The summed E-state index contributed by atoms with van der Waals surface area (Å²) in [6, 6.07) is 14.4. The van der Waals surface area contributed by atoms with Crippen molar-refractivity contribution in [1.29, 1.82) is 0 Å². The van der Waals surface area contributed by atoms with Gasteiger partial charge < -0.3 is 9.88 Å². The number of carbonyl (C=O) groups excluding carboxylic acids is 1. The van der Waals surface area contributed by atoms with E-state index in [0.29, 0.717) is 12.2 Å². The Balaban J connectivity index is 2.08. The fourth-order valence-corrected chi connectivity index (χ4v) is 3.48. The van der Waals surface area contributed by atoms with Gasteiger partial charge in [0.1, 0.15) is 5.69 Å². The molecule has 3 nitrogen and oxygen atoms in total. The van der Waals surface area contributed by atoms with Crippen LogP contribution in [0.4, 0.5) is 0 Å². The Bertz CT molecular complexity index is 801. The number of rotatable bonds is 5. The largest absolute Gasteiger partial charge is 0.347 e. The second kappa shape index (κ2) is 6.20. The molecule has 1 atom stereocenters. The third-order valence-electron chi connectivity index (χ3n) is 3.77. The van der Waals surface area contributed by atoms with E-state index in [4.69, 9.17) is 0 Å². The third kappa shape index (κ3) is 2.57. The molecule has 1 N–H and O–H groups in total. The molecule has 1 unspecified atom stereocenters. The quantitative estimate of drug-likeness (QED) is 0.703. The van der Waals surface area contributed by atoms with Gasteiger partial charge in [0.2, 0.25) is 0 Å². The molecule has 0 spiro atoms. The Kier molecular flexibility index (Phi) is 4.11. The Hall–Kier alpha value is -2.33. The first kappa shape index (κ1) is 14.6. The maximum absolute atomic E-state index is 12.5. The van der Waals surface area contributed by atoms with Gasteiger partial charge in [0.15, 0.2) is 0 Å². The lowest BCUT2D eigenvalue weighted by Gasteiger charge is -2.18. The molecule has 0 fully saturated rings. The van der Waals surface area contributed by atoms with Crippen LogP contribution in [-0.2, 0) is 0 Å². The lowest BCUT2D eigenvalue weighted by Crippen LogP contribution is -2.26. The average Bonchev–Trinajstić information content (AvgIpc) is 3.13. The van der Waals surface area contributed by atoms with E-state index < -0.39 is 0 Å². The summed E-state index contributed by atoms with van der Waals surface area (Å²) in [5.74, 6) is -0.0638. The minimum atomic E-state index is -0.0638. The number of hydrogen-bond donors (Lipinski definition) is 1. The lowest BCUT2D eigenvalue weighted by atomic mass is 10.1. The number of carbonyl (C=O) groups is 1. The minimum absolute atomic E-state index is 0.0638. The van der Waals surface area contributed by atoms with Gasteiger partial charge in [-0.1, -0.05) is 36.4 Å². The van der Waals surface area contributed by atoms with Gasteiger partial charge in [0.25, 0.3) is 5.91 Å². The predicted octanol–water partition coefficient (Wildman–Crippen LogP) is 4.23. The summed E-state index contributed by atoms with van der Waals surface area (Å²) in [7, 11) is 0. The van der Waals surface area contributed by atoms with Crippen molar-refractivity contribution in [3.63, 3.8) is 0 Å². The average molecular weight is 310 g/mol. The van der Waals surface area contributed by atoms with Gasteiger partial charge in [0, 0.05) is 6.54 Å². The first-order chi connectivity index (χ1) is 10.7. The van der Waals surface area contributed by atoms with E-state index in [0.717, 1.165) is 10.2 Å². The van der Waals surface area contributed by atoms with Gasteiger partial charge >= 0.3 is 0 Å². The first-order valence-electron chi connectivity index (χ1n) is 7.25. The van der Waals surface area contributed by atoms with Crippen LogP contribution in [0.2, 0.25) is 0 Å². The van der Waals surface area contributed by atoms with Crippen LogP contribution in [0, 0.1) is 0 Å². The van der Waals surface area contributed by atoms with Gasteiger partial charge in [-0.05, 0) is 30.0 Å². The van der Waals surface area contributed by atoms with Crippen LogP contribution < -0.4 is 5.32 Å². The van der Waals surface area contributed by atoms with Crippen molar-refractivity contribution in [1.82, 2.24) is 9.88 Å². The number of fused-ring (bicyclic) bond motifs is 1. The van der Waals surface area contributed by atoms with Crippen LogP contribution in [0.25, 0.3) is 10.2 Å². The Morgan fingerprint density at radius 2 is 2.14 bits per heavy atom. The SMILES string of the molecule is C=CCNC(=O)c1cc2sccc2n1C(C)c1ccccc1. The molecule has 0 bridgehead atoms. The molecular weight excluding hydrogens is 292 g/mol. The molecule has 0 radical (unpaired) electrons. The highest BCUT2D eigenvalue weighted by Gasteiger charge is 2.20. The molecular formula is C18H18N2OS. The zero-order valence-electron chi connectivity index (χ0n) is 12.5. The summed E-state index contributed by atoms with van der Waals surface area (Å²) in [6.07, 6.45) is 1.69. The molecule has 2 aromatic heterocycles. The van der Waals surface area contributed by atoms with Crippen LogP contribution in [0.3, 0.4) is 0 Å². The maximum Gasteiger partial charge on any atom is 0.268 e. The Morgan fingerprint density at radius 1 is 1.36 bits per heavy atom. The predicted molar refractivity (Wildman–Crippen MR) is 92.6 cm³/mol. The molecule has 1 aromatic carbocycles. The van der Waals surface area contributed by atoms with Crippen molar-refractivity contribution in [3.05, 3.63) is 71.8 Å². The fraction of sp³-hybridized carbons (Fsp3) is 0.167. The van der Waals surface area contributed by atoms with E-state index in [1.165, 1.54) is 5.56 Å². The van der Waals surface area contributed by atoms with Crippen molar-refractivity contribution in [2.75, 3.05) is 6.54 Å². The highest BCUT2D eigenvalue weighted by atomic mass is 32.1. The Morgan fingerprint density at radius 3 is 2.86 bits per heavy atom. The summed E-state index contributed by atoms with van der Waals surface area (Å²) >= 11 is 1.66. The van der Waals surface area contributed by atoms with Crippen molar-refractivity contribution >= 4 is 27.5 Å². The molecule has 2 heterocycles. The van der Waals surface area contributed by atoms with Gasteiger partial charge in [-0.2, -0.15) is 0 Å². The summed E-state index contributed by atoms with van der Waals surface area (Å²) in [5, 5.41) is 4.93. The number of hydrogen-bond acceptors (Lipinski definition) is 2. The molecule has 4 heteroatoms. The number of amides is 1. The highest BCUT2D eigenvalue weighted by molar-refractivity contribution is 7.17. The first-order valence-corrected chi connectivity index (χ1v) is 8.13. The number of aromatic nitrogens is 1. The van der Waals surface area contributed by atoms with E-state index in [9.17, 15) is 4.79 Å². The van der Waals surface area contributed by atoms with Crippen molar-refractivity contribution in [2.45, 2.75) is 13.0 Å². The van der Waals surface area contributed by atoms with Crippen LogP contribution in [0.5, 0.6) is 0 Å². The molecule has 22 heavy (non-hydrogen) atoms. The number of nitrogens with one attached hydrogen (secondary N) is 1. The monoisotopic (exact) mass is 310 g/mol. The lowest BCUT2D eigenvalue weighted by molar-refractivity contribution is 0.0948. The number of benzene rings is 1. The standard InChI is InChI=1S/C18H18N2OS/c1-3-10-19-18(21)16-12-17-15(9-11-22-17)20(16)13(2)14-7-5-4-6-8-14/h3-9,11-13H,1,10H2,2H3,(H,19,21). The molecule has 0 saturated carbocycles. The second-order valence-electron chi connectivity index (χ2n) is 5.16. The fourth-order valence-electron chi connectivity index (χ4n) is 2.67. The summed E-state index contributed by atoms with van der Waals surface area (Å²) in [5.41, 5.74) is 2.98. The van der Waals surface area contributed by atoms with Gasteiger partial charge in [-0.3, -0.25) is 4.79 Å². The van der Waals surface area contributed by atoms with Crippen LogP contribution in [-0.4, -0.2) is 17.0 Å². The van der Waals surface area contributed by atoms with E-state index in [1.807, 2.05) is 24.3 Å². The molecule has 1 amide bonds. The molecule has 3 rings (SSSR count). The highest BCUT2D eigenvalue weighted by Crippen LogP contribution is 2.31. The van der Waals surface area contributed by atoms with Crippen molar-refractivity contribution < 1.29 is 4.79 Å². The normalized spacial score (nSPS) is 12.2. The minimum Gasteiger partial charge on any atom is -0.347 e. The number of nitrogens with zero attached hydrogens (tertiary/aromatic N) is 1. The second-order valence-corrected chi connectivity index (χ2v) is 6.10. The van der Waals surface area contributed by atoms with E-state index >= 15 is 0 Å². The van der Waals surface area contributed by atoms with Gasteiger partial charge in [-0.15, -0.1) is 17.9 Å². The zero-order chi connectivity index (χ0) is 15.5. The number of thiophene rings is 1. The van der Waals surface area contributed by atoms with Crippen molar-refractivity contribution in [2.24, 2.45) is 0 Å². The molecule has 3 aromatic rings. The molecule has 0 saturated heterocycles. The zero-order valence-corrected chi connectivity index (χ0v) is 13.3. The van der Waals surface area contributed by atoms with Crippen molar-refractivity contribution in [3.8, 4) is 0 Å². The summed E-state index contributed by atoms with van der Waals surface area (Å²) in [6.45, 7) is 6.24. The molecule has 112 valence electrons. The summed E-state index contributed by atoms with van der Waals surface area (Å²) in [4.78, 5) is 12.5. The van der Waals surface area contributed by atoms with Gasteiger partial charge in [-0.25, -0.2) is 0 Å². The topological polar surface area (TPSA) is 34.0 Å². The molecule has 0 aliphatic carbocycles. The smallest absolute Gasteiger partial charge is 0.268 e. The molecule has 0 aliphatic heterocycles. The van der Waals surface area contributed by atoms with Gasteiger partial charge in [0.05, 0.1) is 16.3 Å². The van der Waals surface area contributed by atoms with E-state index in [1.54, 1.807) is 17.4 Å². The summed E-state index contributed by atoms with van der Waals surface area (Å²) < 4.78 is 3.24. The molecule has 0 aliphatic rings. The van der Waals surface area contributed by atoms with Crippen LogP contribution in [0.1, 0.15) is 29.0 Å². The van der Waals surface area contributed by atoms with E-state index in [-0.39, 0.29) is 11.9 Å². The van der Waals surface area contributed by atoms with Crippen LogP contribution >= 0.6 is 11.3 Å². The van der Waals surface area contributed by atoms with E-state index in [2.05, 4.69) is 47.0 Å². The Labute approximate surface area is 133 Å².